The molecule has 2 atom stereocenters. The van der Waals surface area contributed by atoms with E-state index in [0.717, 1.165) is 26.1 Å². The number of rotatable bonds is 5. The fraction of sp³-hybridized carbons (Fsp3) is 0.692. The number of carboxylic acid groups (broad SMARTS) is 1. The fourth-order valence-electron chi connectivity index (χ4n) is 2.61. The van der Waals surface area contributed by atoms with Crippen molar-refractivity contribution < 1.29 is 9.90 Å². The van der Waals surface area contributed by atoms with Crippen LogP contribution >= 0.6 is 0 Å². The van der Waals surface area contributed by atoms with Crippen LogP contribution < -0.4 is 0 Å². The lowest BCUT2D eigenvalue weighted by Crippen LogP contribution is -2.24. The second-order valence-electron chi connectivity index (χ2n) is 5.05. The average molecular weight is 251 g/mol. The zero-order valence-corrected chi connectivity index (χ0v) is 11.0. The van der Waals surface area contributed by atoms with Crippen molar-refractivity contribution in [1.29, 1.82) is 0 Å². The lowest BCUT2D eigenvalue weighted by Gasteiger charge is -2.23. The normalized spacial score (nSPS) is 22.2. The highest BCUT2D eigenvalue weighted by molar-refractivity contribution is 5.67. The first-order valence-electron chi connectivity index (χ1n) is 6.58. The molecule has 0 amide bonds. The quantitative estimate of drug-likeness (QED) is 0.866. The summed E-state index contributed by atoms with van der Waals surface area (Å²) < 4.78 is 1.93. The predicted molar refractivity (Wildman–Crippen MR) is 68.2 cm³/mol. The summed E-state index contributed by atoms with van der Waals surface area (Å²) in [6, 6.07) is 0.323. The van der Waals surface area contributed by atoms with E-state index in [9.17, 15) is 4.79 Å². The number of carboxylic acids is 1. The number of nitrogens with zero attached hydrogens (tertiary/aromatic N) is 3. The first-order chi connectivity index (χ1) is 8.60. The zero-order valence-electron chi connectivity index (χ0n) is 11.0. The van der Waals surface area contributed by atoms with Crippen LogP contribution in [0.4, 0.5) is 0 Å². The third-order valence-electron chi connectivity index (χ3n) is 3.79. The van der Waals surface area contributed by atoms with Gasteiger partial charge in [0.15, 0.2) is 0 Å². The van der Waals surface area contributed by atoms with Gasteiger partial charge in [-0.2, -0.15) is 5.10 Å². The molecule has 0 radical (unpaired) electrons. The molecule has 2 heterocycles. The van der Waals surface area contributed by atoms with E-state index in [4.69, 9.17) is 5.11 Å². The highest BCUT2D eigenvalue weighted by Crippen LogP contribution is 2.28. The van der Waals surface area contributed by atoms with Crippen LogP contribution in [0.5, 0.6) is 0 Å². The van der Waals surface area contributed by atoms with E-state index in [1.807, 2.05) is 10.9 Å². The van der Waals surface area contributed by atoms with Crippen molar-refractivity contribution in [3.63, 3.8) is 0 Å². The Bertz CT molecular complexity index is 416. The van der Waals surface area contributed by atoms with Crippen LogP contribution in [0.3, 0.4) is 0 Å². The minimum absolute atomic E-state index is 0.289. The smallest absolute Gasteiger partial charge is 0.303 e. The van der Waals surface area contributed by atoms with E-state index in [2.05, 4.69) is 30.0 Å². The minimum Gasteiger partial charge on any atom is -0.481 e. The molecule has 2 rings (SSSR count). The van der Waals surface area contributed by atoms with Gasteiger partial charge in [0.05, 0.1) is 6.20 Å². The van der Waals surface area contributed by atoms with Gasteiger partial charge in [-0.05, 0) is 32.7 Å². The number of likely N-dealkylation sites (tertiary alicyclic amines) is 1. The summed E-state index contributed by atoms with van der Waals surface area (Å²) in [6.07, 6.45) is 5.27. The van der Waals surface area contributed by atoms with Gasteiger partial charge in [-0.3, -0.25) is 14.4 Å². The van der Waals surface area contributed by atoms with E-state index in [-0.39, 0.29) is 6.42 Å². The van der Waals surface area contributed by atoms with Gasteiger partial charge in [-0.15, -0.1) is 0 Å². The Morgan fingerprint density at radius 1 is 1.67 bits per heavy atom. The Morgan fingerprint density at radius 3 is 3.06 bits per heavy atom. The van der Waals surface area contributed by atoms with Crippen molar-refractivity contribution in [3.05, 3.63) is 18.0 Å². The lowest BCUT2D eigenvalue weighted by molar-refractivity contribution is -0.138. The summed E-state index contributed by atoms with van der Waals surface area (Å²) in [5.74, 6) is -0.389. The lowest BCUT2D eigenvalue weighted by atomic mass is 10.1. The Labute approximate surface area is 107 Å². The molecule has 1 fully saturated rings. The molecular weight excluding hydrogens is 230 g/mol. The number of hydrogen-bond acceptors (Lipinski definition) is 3. The van der Waals surface area contributed by atoms with Crippen LogP contribution in [0.25, 0.3) is 0 Å². The van der Waals surface area contributed by atoms with Crippen LogP contribution in [0.15, 0.2) is 12.4 Å². The first kappa shape index (κ1) is 13.1. The summed E-state index contributed by atoms with van der Waals surface area (Å²) >= 11 is 0. The van der Waals surface area contributed by atoms with Gasteiger partial charge in [0.25, 0.3) is 0 Å². The van der Waals surface area contributed by atoms with Gasteiger partial charge in [0, 0.05) is 37.3 Å². The maximum Gasteiger partial charge on any atom is 0.303 e. The number of aromatic nitrogens is 2. The summed E-state index contributed by atoms with van der Waals surface area (Å²) in [4.78, 5) is 13.1. The van der Waals surface area contributed by atoms with Crippen molar-refractivity contribution in [2.75, 3.05) is 13.1 Å². The van der Waals surface area contributed by atoms with Crippen molar-refractivity contribution in [1.82, 2.24) is 14.7 Å². The molecule has 1 aromatic rings. The third-order valence-corrected chi connectivity index (χ3v) is 3.79. The summed E-state index contributed by atoms with van der Waals surface area (Å²) in [6.45, 7) is 6.98. The first-order valence-corrected chi connectivity index (χ1v) is 6.58. The van der Waals surface area contributed by atoms with E-state index < -0.39 is 5.97 Å². The third kappa shape index (κ3) is 2.90. The maximum atomic E-state index is 10.7. The Hall–Kier alpha value is -1.36. The van der Waals surface area contributed by atoms with Crippen LogP contribution in [-0.4, -0.2) is 38.8 Å². The average Bonchev–Trinajstić information content (AvgIpc) is 2.95. The fourth-order valence-corrected chi connectivity index (χ4v) is 2.61. The van der Waals surface area contributed by atoms with Gasteiger partial charge < -0.3 is 5.11 Å². The molecule has 0 aliphatic carbocycles. The van der Waals surface area contributed by atoms with Gasteiger partial charge >= 0.3 is 5.97 Å². The number of aryl methyl sites for hydroxylation is 1. The van der Waals surface area contributed by atoms with Crippen molar-refractivity contribution in [2.24, 2.45) is 5.92 Å². The van der Waals surface area contributed by atoms with Crippen molar-refractivity contribution in [2.45, 2.75) is 39.3 Å². The Balaban J connectivity index is 1.94. The van der Waals surface area contributed by atoms with Crippen LogP contribution in [0.2, 0.25) is 0 Å². The van der Waals surface area contributed by atoms with E-state index in [0.29, 0.717) is 12.0 Å². The van der Waals surface area contributed by atoms with E-state index in [1.165, 1.54) is 5.56 Å². The molecule has 5 heteroatoms. The molecule has 0 spiro atoms. The molecule has 0 bridgehead atoms. The van der Waals surface area contributed by atoms with E-state index in [1.54, 1.807) is 0 Å². The van der Waals surface area contributed by atoms with Crippen LogP contribution in [0.1, 0.15) is 38.3 Å². The minimum atomic E-state index is -0.687. The molecule has 1 aromatic heterocycles. The molecule has 18 heavy (non-hydrogen) atoms. The molecular formula is C13H21N3O2. The van der Waals surface area contributed by atoms with Crippen LogP contribution in [0, 0.1) is 5.92 Å². The maximum absolute atomic E-state index is 10.7. The zero-order chi connectivity index (χ0) is 13.1. The summed E-state index contributed by atoms with van der Waals surface area (Å²) in [7, 11) is 0. The molecule has 1 N–H and O–H groups in total. The van der Waals surface area contributed by atoms with Crippen molar-refractivity contribution >= 4 is 5.97 Å². The highest BCUT2D eigenvalue weighted by atomic mass is 16.4. The Morgan fingerprint density at radius 2 is 2.44 bits per heavy atom. The molecule has 1 saturated heterocycles. The summed E-state index contributed by atoms with van der Waals surface area (Å²) in [5.41, 5.74) is 1.22. The van der Waals surface area contributed by atoms with Gasteiger partial charge in [-0.25, -0.2) is 0 Å². The van der Waals surface area contributed by atoms with E-state index >= 15 is 0 Å². The molecule has 2 unspecified atom stereocenters. The standard InChI is InChI=1S/C13H21N3O2/c1-3-16-9-12(7-14-16)10(2)15-5-4-11(8-15)6-13(17)18/h7,9-11H,3-6,8H2,1-2H3,(H,17,18). The number of carbonyl (C=O) groups is 1. The SMILES string of the molecule is CCn1cc(C(C)N2CCC(CC(=O)O)C2)cn1. The van der Waals surface area contributed by atoms with Gasteiger partial charge in [0.2, 0.25) is 0 Å². The predicted octanol–water partition coefficient (Wildman–Crippen LogP) is 1.76. The molecule has 1 aliphatic heterocycles. The molecule has 0 saturated carbocycles. The largest absolute Gasteiger partial charge is 0.481 e. The molecule has 0 aromatic carbocycles. The molecule has 1 aliphatic rings. The summed E-state index contributed by atoms with van der Waals surface area (Å²) in [5, 5.41) is 13.1. The highest BCUT2D eigenvalue weighted by Gasteiger charge is 2.28. The topological polar surface area (TPSA) is 58.4 Å². The number of hydrogen-bond donors (Lipinski definition) is 1. The van der Waals surface area contributed by atoms with Crippen LogP contribution in [-0.2, 0) is 11.3 Å². The second kappa shape index (κ2) is 5.52. The second-order valence-corrected chi connectivity index (χ2v) is 5.05. The van der Waals surface area contributed by atoms with Gasteiger partial charge in [0.1, 0.15) is 0 Å². The number of aliphatic carboxylic acids is 1. The Kier molecular flexibility index (Phi) is 4.01. The van der Waals surface area contributed by atoms with Crippen molar-refractivity contribution in [3.8, 4) is 0 Å². The van der Waals surface area contributed by atoms with Gasteiger partial charge in [-0.1, -0.05) is 0 Å². The molecule has 100 valence electrons. The monoisotopic (exact) mass is 251 g/mol. The molecule has 5 nitrogen and oxygen atoms in total.